The van der Waals surface area contributed by atoms with E-state index in [4.69, 9.17) is 10.5 Å². The molecule has 0 amide bonds. The van der Waals surface area contributed by atoms with Crippen LogP contribution in [-0.4, -0.2) is 31.1 Å². The molecule has 1 saturated heterocycles. The van der Waals surface area contributed by atoms with Crippen molar-refractivity contribution < 1.29 is 4.74 Å². The zero-order valence-corrected chi connectivity index (χ0v) is 12.4. The molecule has 3 heteroatoms. The minimum absolute atomic E-state index is 0.436. The molecule has 1 aliphatic carbocycles. The second-order valence-electron chi connectivity index (χ2n) is 6.15. The molecule has 3 nitrogen and oxygen atoms in total. The first-order chi connectivity index (χ1) is 9.85. The maximum atomic E-state index is 6.11. The molecule has 2 N–H and O–H groups in total. The summed E-state index contributed by atoms with van der Waals surface area (Å²) in [5.74, 6) is 1.57. The Balaban J connectivity index is 1.98. The molecule has 2 aliphatic rings. The fraction of sp³-hybridized carbons (Fsp3) is 0.647. The van der Waals surface area contributed by atoms with Crippen LogP contribution >= 0.6 is 0 Å². The second kappa shape index (κ2) is 6.15. The van der Waals surface area contributed by atoms with E-state index in [0.717, 1.165) is 18.3 Å². The minimum Gasteiger partial charge on any atom is -0.496 e. The minimum atomic E-state index is 0.436. The van der Waals surface area contributed by atoms with Crippen LogP contribution < -0.4 is 10.5 Å². The number of para-hydroxylation sites is 1. The van der Waals surface area contributed by atoms with Crippen molar-refractivity contribution >= 4 is 0 Å². The standard InChI is InChI=1S/C17H26N2O/c1-20-16-8-3-2-7-15(16)17-13(12-18)6-4-5-11-19(17)14-9-10-14/h2-3,7-8,13-14,17H,4-6,9-12,18H2,1H3. The van der Waals surface area contributed by atoms with E-state index in [1.165, 1.54) is 44.2 Å². The number of nitrogens with zero attached hydrogens (tertiary/aromatic N) is 1. The first-order valence-electron chi connectivity index (χ1n) is 7.94. The summed E-state index contributed by atoms with van der Waals surface area (Å²) in [6.07, 6.45) is 6.55. The Morgan fingerprint density at radius 3 is 2.70 bits per heavy atom. The summed E-state index contributed by atoms with van der Waals surface area (Å²) < 4.78 is 5.61. The Hall–Kier alpha value is -1.06. The van der Waals surface area contributed by atoms with Crippen molar-refractivity contribution in [1.82, 2.24) is 4.90 Å². The van der Waals surface area contributed by atoms with Gasteiger partial charge in [0.05, 0.1) is 7.11 Å². The maximum Gasteiger partial charge on any atom is 0.123 e. The molecule has 2 fully saturated rings. The Bertz CT molecular complexity index is 444. The molecule has 2 atom stereocenters. The van der Waals surface area contributed by atoms with Crippen LogP contribution in [0.15, 0.2) is 24.3 Å². The number of ether oxygens (including phenoxy) is 1. The number of rotatable bonds is 4. The van der Waals surface area contributed by atoms with Crippen molar-refractivity contribution in [3.63, 3.8) is 0 Å². The predicted octanol–water partition coefficient (Wildman–Crippen LogP) is 2.96. The molecule has 1 aliphatic heterocycles. The fourth-order valence-corrected chi connectivity index (χ4v) is 3.67. The van der Waals surface area contributed by atoms with Crippen LogP contribution in [0.25, 0.3) is 0 Å². The van der Waals surface area contributed by atoms with Crippen LogP contribution in [0, 0.1) is 5.92 Å². The SMILES string of the molecule is COc1ccccc1C1C(CN)CCCCN1C1CC1. The van der Waals surface area contributed by atoms with E-state index in [-0.39, 0.29) is 0 Å². The highest BCUT2D eigenvalue weighted by Crippen LogP contribution is 2.44. The lowest BCUT2D eigenvalue weighted by molar-refractivity contribution is 0.146. The highest BCUT2D eigenvalue weighted by molar-refractivity contribution is 5.37. The molecule has 110 valence electrons. The van der Waals surface area contributed by atoms with E-state index < -0.39 is 0 Å². The number of hydrogen-bond donors (Lipinski definition) is 1. The highest BCUT2D eigenvalue weighted by Gasteiger charge is 2.39. The van der Waals surface area contributed by atoms with Gasteiger partial charge in [-0.05, 0) is 50.8 Å². The van der Waals surface area contributed by atoms with E-state index in [0.29, 0.717) is 12.0 Å². The third-order valence-electron chi connectivity index (χ3n) is 4.82. The highest BCUT2D eigenvalue weighted by atomic mass is 16.5. The molecule has 0 spiro atoms. The summed E-state index contributed by atoms with van der Waals surface area (Å²) in [5, 5.41) is 0. The first-order valence-corrected chi connectivity index (χ1v) is 7.94. The van der Waals surface area contributed by atoms with E-state index in [2.05, 4.69) is 29.2 Å². The van der Waals surface area contributed by atoms with Gasteiger partial charge in [-0.25, -0.2) is 0 Å². The summed E-state index contributed by atoms with van der Waals surface area (Å²) in [6.45, 7) is 1.98. The lowest BCUT2D eigenvalue weighted by Crippen LogP contribution is -2.37. The van der Waals surface area contributed by atoms with Crippen LogP contribution in [0.1, 0.15) is 43.7 Å². The average molecular weight is 274 g/mol. The van der Waals surface area contributed by atoms with Gasteiger partial charge < -0.3 is 10.5 Å². The van der Waals surface area contributed by atoms with Gasteiger partial charge >= 0.3 is 0 Å². The molecule has 0 aromatic heterocycles. The van der Waals surface area contributed by atoms with E-state index in [1.807, 2.05) is 0 Å². The Morgan fingerprint density at radius 1 is 1.20 bits per heavy atom. The monoisotopic (exact) mass is 274 g/mol. The summed E-state index contributed by atoms with van der Waals surface area (Å²) in [7, 11) is 1.77. The molecule has 2 unspecified atom stereocenters. The van der Waals surface area contributed by atoms with Crippen LogP contribution in [-0.2, 0) is 0 Å². The molecule has 0 bridgehead atoms. The number of nitrogens with two attached hydrogens (primary N) is 1. The molecule has 1 saturated carbocycles. The quantitative estimate of drug-likeness (QED) is 0.917. The average Bonchev–Trinajstić information content (AvgIpc) is 3.32. The van der Waals surface area contributed by atoms with E-state index >= 15 is 0 Å². The molecule has 3 rings (SSSR count). The molecular formula is C17H26N2O. The lowest BCUT2D eigenvalue weighted by atomic mass is 9.88. The normalized spacial score (nSPS) is 28.1. The van der Waals surface area contributed by atoms with Crippen LogP contribution in [0.5, 0.6) is 5.75 Å². The van der Waals surface area contributed by atoms with Gasteiger partial charge in [0, 0.05) is 17.6 Å². The molecular weight excluding hydrogens is 248 g/mol. The van der Waals surface area contributed by atoms with Gasteiger partial charge in [0.15, 0.2) is 0 Å². The van der Waals surface area contributed by atoms with Crippen molar-refractivity contribution in [2.45, 2.75) is 44.2 Å². The third-order valence-corrected chi connectivity index (χ3v) is 4.82. The summed E-state index contributed by atoms with van der Waals surface area (Å²) in [5.41, 5.74) is 7.44. The number of benzene rings is 1. The van der Waals surface area contributed by atoms with Crippen LogP contribution in [0.3, 0.4) is 0 Å². The Morgan fingerprint density at radius 2 is 2.00 bits per heavy atom. The third kappa shape index (κ3) is 2.70. The van der Waals surface area contributed by atoms with Crippen molar-refractivity contribution in [3.8, 4) is 5.75 Å². The van der Waals surface area contributed by atoms with Gasteiger partial charge in [-0.3, -0.25) is 4.90 Å². The summed E-state index contributed by atoms with van der Waals surface area (Å²) in [4.78, 5) is 2.71. The second-order valence-corrected chi connectivity index (χ2v) is 6.15. The summed E-state index contributed by atoms with van der Waals surface area (Å²) >= 11 is 0. The van der Waals surface area contributed by atoms with Crippen LogP contribution in [0.2, 0.25) is 0 Å². The van der Waals surface area contributed by atoms with Gasteiger partial charge in [-0.1, -0.05) is 24.6 Å². The van der Waals surface area contributed by atoms with Gasteiger partial charge in [0.1, 0.15) is 5.75 Å². The smallest absolute Gasteiger partial charge is 0.123 e. The van der Waals surface area contributed by atoms with Gasteiger partial charge in [0.2, 0.25) is 0 Å². The number of methoxy groups -OCH3 is 1. The van der Waals surface area contributed by atoms with Gasteiger partial charge in [-0.15, -0.1) is 0 Å². The topological polar surface area (TPSA) is 38.5 Å². The van der Waals surface area contributed by atoms with Crippen molar-refractivity contribution in [3.05, 3.63) is 29.8 Å². The van der Waals surface area contributed by atoms with E-state index in [9.17, 15) is 0 Å². The Kier molecular flexibility index (Phi) is 4.27. The van der Waals surface area contributed by atoms with Crippen molar-refractivity contribution in [1.29, 1.82) is 0 Å². The maximum absolute atomic E-state index is 6.11. The summed E-state index contributed by atoms with van der Waals surface area (Å²) in [6, 6.07) is 9.70. The number of likely N-dealkylation sites (tertiary alicyclic amines) is 1. The predicted molar refractivity (Wildman–Crippen MR) is 81.9 cm³/mol. The zero-order chi connectivity index (χ0) is 13.9. The lowest BCUT2D eigenvalue weighted by Gasteiger charge is -2.36. The number of hydrogen-bond acceptors (Lipinski definition) is 3. The van der Waals surface area contributed by atoms with Crippen molar-refractivity contribution in [2.75, 3.05) is 20.2 Å². The fourth-order valence-electron chi connectivity index (χ4n) is 3.67. The molecule has 1 aromatic carbocycles. The van der Waals surface area contributed by atoms with E-state index in [1.54, 1.807) is 7.11 Å². The van der Waals surface area contributed by atoms with Gasteiger partial charge in [0.25, 0.3) is 0 Å². The molecule has 1 heterocycles. The molecule has 20 heavy (non-hydrogen) atoms. The zero-order valence-electron chi connectivity index (χ0n) is 12.4. The van der Waals surface area contributed by atoms with Crippen LogP contribution in [0.4, 0.5) is 0 Å². The Labute approximate surface area is 122 Å². The molecule has 1 aromatic rings. The largest absolute Gasteiger partial charge is 0.496 e. The molecule has 0 radical (unpaired) electrons. The van der Waals surface area contributed by atoms with Gasteiger partial charge in [-0.2, -0.15) is 0 Å². The first kappa shape index (κ1) is 13.9. The van der Waals surface area contributed by atoms with Crippen molar-refractivity contribution in [2.24, 2.45) is 11.7 Å².